The van der Waals surface area contributed by atoms with E-state index in [9.17, 15) is 24.3 Å². The molecule has 124 valence electrons. The van der Waals surface area contributed by atoms with Gasteiger partial charge in [0.25, 0.3) is 0 Å². The van der Waals surface area contributed by atoms with Crippen LogP contribution >= 0.6 is 0 Å². The van der Waals surface area contributed by atoms with Gasteiger partial charge >= 0.3 is 23.9 Å². The Morgan fingerprint density at radius 3 is 1.73 bits per heavy atom. The summed E-state index contributed by atoms with van der Waals surface area (Å²) in [7, 11) is 0. The predicted octanol–water partition coefficient (Wildman–Crippen LogP) is -0.141. The fourth-order valence-electron chi connectivity index (χ4n) is 2.16. The lowest BCUT2D eigenvalue weighted by atomic mass is 9.91. The van der Waals surface area contributed by atoms with Gasteiger partial charge in [-0.05, 0) is 0 Å². The van der Waals surface area contributed by atoms with Crippen LogP contribution in [-0.4, -0.2) is 53.6 Å². The summed E-state index contributed by atoms with van der Waals surface area (Å²) in [5, 5.41) is 9.21. The van der Waals surface area contributed by atoms with Gasteiger partial charge in [0.2, 0.25) is 6.29 Å². The maximum atomic E-state index is 11.3. The van der Waals surface area contributed by atoms with Crippen molar-refractivity contribution >= 4 is 23.9 Å². The fourth-order valence-corrected chi connectivity index (χ4v) is 2.16. The summed E-state index contributed by atoms with van der Waals surface area (Å²) in [6, 6.07) is 0. The van der Waals surface area contributed by atoms with Gasteiger partial charge in [-0.15, -0.1) is 0 Å². The molecular weight excluding hydrogens is 300 g/mol. The van der Waals surface area contributed by atoms with Crippen molar-refractivity contribution in [3.63, 3.8) is 0 Å². The van der Waals surface area contributed by atoms with E-state index in [-0.39, 0.29) is 0 Å². The molecule has 0 amide bonds. The number of aliphatic carboxylic acids is 1. The van der Waals surface area contributed by atoms with Crippen LogP contribution in [0.4, 0.5) is 0 Å². The highest BCUT2D eigenvalue weighted by atomic mass is 16.7. The second-order valence-corrected chi connectivity index (χ2v) is 4.88. The fraction of sp³-hybridized carbons (Fsp3) is 0.692. The number of hydrogen-bond acceptors (Lipinski definition) is 8. The van der Waals surface area contributed by atoms with Crippen LogP contribution in [0.25, 0.3) is 0 Å². The zero-order chi connectivity index (χ0) is 17.0. The van der Waals surface area contributed by atoms with E-state index in [1.807, 2.05) is 0 Å². The van der Waals surface area contributed by atoms with Crippen LogP contribution in [0.2, 0.25) is 0 Å². The molecule has 0 aromatic rings. The van der Waals surface area contributed by atoms with Crippen molar-refractivity contribution in [1.29, 1.82) is 0 Å². The third-order valence-electron chi connectivity index (χ3n) is 2.98. The quantitative estimate of drug-likeness (QED) is 0.556. The van der Waals surface area contributed by atoms with E-state index in [1.165, 1.54) is 6.92 Å². The normalized spacial score (nSPS) is 31.0. The first-order valence-electron chi connectivity index (χ1n) is 6.53. The number of carboxylic acid groups (broad SMARTS) is 1. The highest BCUT2D eigenvalue weighted by Gasteiger charge is 2.52. The number of carbonyl (C=O) groups is 4. The molecule has 9 nitrogen and oxygen atoms in total. The molecule has 0 bridgehead atoms. The molecule has 0 saturated carbocycles. The molecule has 1 saturated heterocycles. The van der Waals surface area contributed by atoms with Gasteiger partial charge in [-0.1, -0.05) is 6.92 Å². The van der Waals surface area contributed by atoms with Gasteiger partial charge < -0.3 is 24.1 Å². The largest absolute Gasteiger partial charge is 0.479 e. The van der Waals surface area contributed by atoms with Gasteiger partial charge in [0, 0.05) is 20.8 Å². The van der Waals surface area contributed by atoms with Crippen LogP contribution in [0.5, 0.6) is 0 Å². The van der Waals surface area contributed by atoms with Crippen LogP contribution in [0.3, 0.4) is 0 Å². The Hall–Kier alpha value is -2.16. The van der Waals surface area contributed by atoms with E-state index in [1.54, 1.807) is 0 Å². The van der Waals surface area contributed by atoms with Crippen LogP contribution in [0.1, 0.15) is 27.7 Å². The standard InChI is InChI=1S/C13H18O9/c1-5-9(19-6(2)14)10(20-7(3)15)11(12(17)18)22-13(5)21-8(4)16/h5,9-11,13H,1-4H3,(H,17,18)/t5?,9-,10-,11?,13+/m1/s1. The third kappa shape index (κ3) is 4.42. The zero-order valence-electron chi connectivity index (χ0n) is 12.6. The maximum Gasteiger partial charge on any atom is 0.337 e. The first-order valence-corrected chi connectivity index (χ1v) is 6.53. The van der Waals surface area contributed by atoms with Gasteiger partial charge in [-0.3, -0.25) is 14.4 Å². The molecule has 0 aliphatic carbocycles. The number of rotatable bonds is 4. The summed E-state index contributed by atoms with van der Waals surface area (Å²) >= 11 is 0. The lowest BCUT2D eigenvalue weighted by Crippen LogP contribution is -2.59. The second-order valence-electron chi connectivity index (χ2n) is 4.88. The number of hydrogen-bond donors (Lipinski definition) is 1. The average Bonchev–Trinajstić information content (AvgIpc) is 2.35. The van der Waals surface area contributed by atoms with Crippen molar-refractivity contribution in [2.24, 2.45) is 5.92 Å². The van der Waals surface area contributed by atoms with Crippen molar-refractivity contribution in [2.45, 2.75) is 52.3 Å². The van der Waals surface area contributed by atoms with E-state index >= 15 is 0 Å². The third-order valence-corrected chi connectivity index (χ3v) is 2.98. The summed E-state index contributed by atoms with van der Waals surface area (Å²) in [6.45, 7) is 4.87. The number of carbonyl (C=O) groups excluding carboxylic acids is 3. The van der Waals surface area contributed by atoms with E-state index in [2.05, 4.69) is 0 Å². The molecule has 1 aliphatic rings. The Morgan fingerprint density at radius 2 is 1.32 bits per heavy atom. The topological polar surface area (TPSA) is 125 Å². The molecular formula is C13H18O9. The summed E-state index contributed by atoms with van der Waals surface area (Å²) in [6.07, 6.45) is -5.34. The highest BCUT2D eigenvalue weighted by molar-refractivity contribution is 5.75. The first kappa shape index (κ1) is 17.9. The zero-order valence-corrected chi connectivity index (χ0v) is 12.6. The molecule has 1 N–H and O–H groups in total. The highest BCUT2D eigenvalue weighted by Crippen LogP contribution is 2.31. The van der Waals surface area contributed by atoms with E-state index < -0.39 is 54.4 Å². The van der Waals surface area contributed by atoms with E-state index in [4.69, 9.17) is 18.9 Å². The van der Waals surface area contributed by atoms with Crippen LogP contribution < -0.4 is 0 Å². The lowest BCUT2D eigenvalue weighted by molar-refractivity contribution is -0.274. The van der Waals surface area contributed by atoms with Gasteiger partial charge in [-0.2, -0.15) is 0 Å². The minimum Gasteiger partial charge on any atom is -0.479 e. The van der Waals surface area contributed by atoms with Crippen molar-refractivity contribution in [3.8, 4) is 0 Å². The van der Waals surface area contributed by atoms with Gasteiger partial charge in [0.05, 0.1) is 5.92 Å². The predicted molar refractivity (Wildman–Crippen MR) is 68.3 cm³/mol. The smallest absolute Gasteiger partial charge is 0.337 e. The van der Waals surface area contributed by atoms with E-state index in [0.717, 1.165) is 20.8 Å². The average molecular weight is 318 g/mol. The number of carboxylic acids is 1. The number of esters is 3. The Labute approximate surface area is 126 Å². The molecule has 22 heavy (non-hydrogen) atoms. The lowest BCUT2D eigenvalue weighted by Gasteiger charge is -2.41. The molecule has 0 spiro atoms. The molecule has 1 heterocycles. The maximum absolute atomic E-state index is 11.3. The molecule has 0 radical (unpaired) electrons. The van der Waals surface area contributed by atoms with Crippen LogP contribution in [0.15, 0.2) is 0 Å². The monoisotopic (exact) mass is 318 g/mol. The van der Waals surface area contributed by atoms with Crippen molar-refractivity contribution in [2.75, 3.05) is 0 Å². The van der Waals surface area contributed by atoms with Gasteiger partial charge in [0.1, 0.15) is 0 Å². The molecule has 1 aliphatic heterocycles. The SMILES string of the molecule is CC(=O)O[C@H]1OC(C(=O)O)[C@H](OC(C)=O)[C@H](OC(C)=O)C1C. The van der Waals surface area contributed by atoms with Crippen molar-refractivity contribution < 1.29 is 43.2 Å². The van der Waals surface area contributed by atoms with Crippen LogP contribution in [-0.2, 0) is 38.1 Å². The Balaban J connectivity index is 3.13. The number of ether oxygens (including phenoxy) is 4. The minimum atomic E-state index is -1.63. The Kier molecular flexibility index (Phi) is 5.86. The molecule has 0 aromatic carbocycles. The van der Waals surface area contributed by atoms with Gasteiger partial charge in [0.15, 0.2) is 18.3 Å². The minimum absolute atomic E-state index is 0.687. The van der Waals surface area contributed by atoms with Crippen molar-refractivity contribution in [1.82, 2.24) is 0 Å². The van der Waals surface area contributed by atoms with Gasteiger partial charge in [-0.25, -0.2) is 4.79 Å². The molecule has 0 aromatic heterocycles. The summed E-state index contributed by atoms with van der Waals surface area (Å²) in [5.41, 5.74) is 0. The summed E-state index contributed by atoms with van der Waals surface area (Å²) in [5.74, 6) is -4.30. The Bertz CT molecular complexity index is 472. The summed E-state index contributed by atoms with van der Waals surface area (Å²) < 4.78 is 20.1. The molecule has 2 unspecified atom stereocenters. The van der Waals surface area contributed by atoms with Crippen LogP contribution in [0, 0.1) is 5.92 Å². The first-order chi connectivity index (χ1) is 10.1. The molecule has 5 atom stereocenters. The summed E-state index contributed by atoms with van der Waals surface area (Å²) in [4.78, 5) is 44.8. The van der Waals surface area contributed by atoms with E-state index in [0.29, 0.717) is 0 Å². The molecule has 1 rings (SSSR count). The molecule has 9 heteroatoms. The molecule has 1 fully saturated rings. The second kappa shape index (κ2) is 7.21. The van der Waals surface area contributed by atoms with Crippen molar-refractivity contribution in [3.05, 3.63) is 0 Å². The Morgan fingerprint density at radius 1 is 0.864 bits per heavy atom.